The van der Waals surface area contributed by atoms with Crippen LogP contribution in [0.4, 0.5) is 0 Å². The minimum absolute atomic E-state index is 0.0374. The summed E-state index contributed by atoms with van der Waals surface area (Å²) in [6.07, 6.45) is 5.08. The smallest absolute Gasteiger partial charge is 0.176 e. The van der Waals surface area contributed by atoms with E-state index in [0.717, 1.165) is 11.3 Å². The van der Waals surface area contributed by atoms with Crippen LogP contribution < -0.4 is 10.1 Å². The summed E-state index contributed by atoms with van der Waals surface area (Å²) < 4.78 is 5.07. The van der Waals surface area contributed by atoms with Crippen LogP contribution in [0.5, 0.6) is 5.75 Å². The van der Waals surface area contributed by atoms with Gasteiger partial charge in [0.25, 0.3) is 0 Å². The Balaban J connectivity index is 2.73. The fraction of sp³-hybridized carbons (Fsp3) is 0.308. The number of ether oxygens (including phenoxy) is 1. The summed E-state index contributed by atoms with van der Waals surface area (Å²) in [5, 5.41) is 2.87. The van der Waals surface area contributed by atoms with E-state index in [1.807, 2.05) is 13.0 Å². The second-order valence-corrected chi connectivity index (χ2v) is 3.41. The molecule has 16 heavy (non-hydrogen) atoms. The summed E-state index contributed by atoms with van der Waals surface area (Å²) >= 11 is 0. The minimum Gasteiger partial charge on any atom is -0.497 e. The van der Waals surface area contributed by atoms with Gasteiger partial charge in [-0.3, -0.25) is 10.1 Å². The van der Waals surface area contributed by atoms with Gasteiger partial charge in [0.05, 0.1) is 20.2 Å². The summed E-state index contributed by atoms with van der Waals surface area (Å²) in [5.41, 5.74) is 1.61. The molecule has 0 atom stereocenters. The van der Waals surface area contributed by atoms with Gasteiger partial charge >= 0.3 is 0 Å². The number of aryl methyl sites for hydroxylation is 1. The van der Waals surface area contributed by atoms with E-state index in [1.165, 1.54) is 0 Å². The zero-order valence-corrected chi connectivity index (χ0v) is 9.54. The van der Waals surface area contributed by atoms with Crippen molar-refractivity contribution < 1.29 is 9.53 Å². The molecule has 3 heteroatoms. The standard InChI is InChI=1S/C13H15NO2/c1-4-7-14-9-13(15)12-6-5-11(16-3)8-10(12)2/h1,5-6,8,14H,7,9H2,2-3H3. The Kier molecular flexibility index (Phi) is 4.56. The van der Waals surface area contributed by atoms with E-state index >= 15 is 0 Å². The van der Waals surface area contributed by atoms with Crippen LogP contribution in [-0.4, -0.2) is 26.0 Å². The number of ketones is 1. The molecule has 0 aliphatic heterocycles. The highest BCUT2D eigenvalue weighted by atomic mass is 16.5. The fourth-order valence-electron chi connectivity index (χ4n) is 1.42. The topological polar surface area (TPSA) is 38.3 Å². The van der Waals surface area contributed by atoms with Gasteiger partial charge in [0.1, 0.15) is 5.75 Å². The number of carbonyl (C=O) groups is 1. The Morgan fingerprint density at radius 2 is 2.31 bits per heavy atom. The van der Waals surface area contributed by atoms with Gasteiger partial charge in [0.15, 0.2) is 5.78 Å². The maximum Gasteiger partial charge on any atom is 0.176 e. The highest BCUT2D eigenvalue weighted by Gasteiger charge is 2.08. The van der Waals surface area contributed by atoms with Crippen molar-refractivity contribution in [2.24, 2.45) is 0 Å². The quantitative estimate of drug-likeness (QED) is 0.460. The van der Waals surface area contributed by atoms with Crippen molar-refractivity contribution in [1.29, 1.82) is 0 Å². The van der Waals surface area contributed by atoms with E-state index in [4.69, 9.17) is 11.2 Å². The number of benzene rings is 1. The molecule has 3 nitrogen and oxygen atoms in total. The second kappa shape index (κ2) is 5.94. The maximum absolute atomic E-state index is 11.8. The first-order chi connectivity index (χ1) is 7.69. The molecule has 0 saturated carbocycles. The molecule has 0 aliphatic carbocycles. The summed E-state index contributed by atoms with van der Waals surface area (Å²) in [7, 11) is 1.60. The van der Waals surface area contributed by atoms with Gasteiger partial charge in [-0.15, -0.1) is 6.42 Å². The molecule has 0 heterocycles. The average Bonchev–Trinajstić information content (AvgIpc) is 2.29. The van der Waals surface area contributed by atoms with Crippen LogP contribution in [0, 0.1) is 19.3 Å². The van der Waals surface area contributed by atoms with Crippen LogP contribution in [0.15, 0.2) is 18.2 Å². The minimum atomic E-state index is 0.0374. The highest BCUT2D eigenvalue weighted by molar-refractivity contribution is 5.99. The third kappa shape index (κ3) is 3.11. The first kappa shape index (κ1) is 12.3. The SMILES string of the molecule is C#CCNCC(=O)c1ccc(OC)cc1C. The highest BCUT2D eigenvalue weighted by Crippen LogP contribution is 2.16. The van der Waals surface area contributed by atoms with Crippen molar-refractivity contribution in [3.63, 3.8) is 0 Å². The number of Topliss-reactive ketones (excluding diaryl/α,β-unsaturated/α-hetero) is 1. The van der Waals surface area contributed by atoms with Gasteiger partial charge in [-0.2, -0.15) is 0 Å². The predicted molar refractivity (Wildman–Crippen MR) is 63.8 cm³/mol. The molecule has 0 bridgehead atoms. The van der Waals surface area contributed by atoms with E-state index < -0.39 is 0 Å². The van der Waals surface area contributed by atoms with Crippen LogP contribution >= 0.6 is 0 Å². The van der Waals surface area contributed by atoms with Gasteiger partial charge in [-0.25, -0.2) is 0 Å². The van der Waals surface area contributed by atoms with Gasteiger partial charge < -0.3 is 4.74 Å². The normalized spacial score (nSPS) is 9.56. The van der Waals surface area contributed by atoms with Gasteiger partial charge in [0, 0.05) is 5.56 Å². The van der Waals surface area contributed by atoms with Gasteiger partial charge in [-0.05, 0) is 30.7 Å². The Morgan fingerprint density at radius 1 is 1.56 bits per heavy atom. The Hall–Kier alpha value is -1.79. The van der Waals surface area contributed by atoms with Gasteiger partial charge in [0.2, 0.25) is 0 Å². The summed E-state index contributed by atoms with van der Waals surface area (Å²) in [4.78, 5) is 11.8. The molecule has 1 N–H and O–H groups in total. The van der Waals surface area contributed by atoms with Crippen molar-refractivity contribution in [2.45, 2.75) is 6.92 Å². The van der Waals surface area contributed by atoms with Crippen LogP contribution in [0.1, 0.15) is 15.9 Å². The summed E-state index contributed by atoms with van der Waals surface area (Å²) in [5.74, 6) is 3.22. The number of hydrogen-bond donors (Lipinski definition) is 1. The number of nitrogens with one attached hydrogen (secondary N) is 1. The number of rotatable bonds is 5. The van der Waals surface area contributed by atoms with Crippen molar-refractivity contribution in [3.8, 4) is 18.1 Å². The maximum atomic E-state index is 11.8. The lowest BCUT2D eigenvalue weighted by molar-refractivity contribution is 0.0992. The van der Waals surface area contributed by atoms with E-state index in [-0.39, 0.29) is 12.3 Å². The van der Waals surface area contributed by atoms with Crippen LogP contribution in [0.25, 0.3) is 0 Å². The van der Waals surface area contributed by atoms with Crippen LogP contribution in [0.3, 0.4) is 0 Å². The summed E-state index contributed by atoms with van der Waals surface area (Å²) in [6, 6.07) is 5.39. The fourth-order valence-corrected chi connectivity index (χ4v) is 1.42. The zero-order valence-electron chi connectivity index (χ0n) is 9.54. The molecule has 0 spiro atoms. The molecule has 1 rings (SSSR count). The molecule has 0 saturated heterocycles. The van der Waals surface area contributed by atoms with Crippen molar-refractivity contribution in [2.75, 3.05) is 20.2 Å². The Bertz CT molecular complexity index is 418. The van der Waals surface area contributed by atoms with Crippen molar-refractivity contribution in [3.05, 3.63) is 29.3 Å². The van der Waals surface area contributed by atoms with E-state index in [0.29, 0.717) is 12.1 Å². The molecule has 1 aromatic carbocycles. The Labute approximate surface area is 95.8 Å². The third-order valence-corrected chi connectivity index (χ3v) is 2.25. The molecule has 0 unspecified atom stereocenters. The predicted octanol–water partition coefficient (Wildman–Crippen LogP) is 1.41. The molecular formula is C13H15NO2. The second-order valence-electron chi connectivity index (χ2n) is 3.41. The monoisotopic (exact) mass is 217 g/mol. The lowest BCUT2D eigenvalue weighted by Gasteiger charge is -2.07. The molecule has 0 aromatic heterocycles. The molecule has 1 aromatic rings. The largest absolute Gasteiger partial charge is 0.497 e. The molecule has 84 valence electrons. The van der Waals surface area contributed by atoms with Crippen LogP contribution in [-0.2, 0) is 0 Å². The number of terminal acetylenes is 1. The van der Waals surface area contributed by atoms with E-state index in [1.54, 1.807) is 19.2 Å². The zero-order chi connectivity index (χ0) is 12.0. The summed E-state index contributed by atoms with van der Waals surface area (Å²) in [6.45, 7) is 2.55. The third-order valence-electron chi connectivity index (χ3n) is 2.25. The van der Waals surface area contributed by atoms with E-state index in [2.05, 4.69) is 11.2 Å². The van der Waals surface area contributed by atoms with Crippen molar-refractivity contribution >= 4 is 5.78 Å². The molecule has 0 amide bonds. The lowest BCUT2D eigenvalue weighted by Crippen LogP contribution is -2.23. The molecule has 0 radical (unpaired) electrons. The number of hydrogen-bond acceptors (Lipinski definition) is 3. The Morgan fingerprint density at radius 3 is 2.88 bits per heavy atom. The van der Waals surface area contributed by atoms with Crippen molar-refractivity contribution in [1.82, 2.24) is 5.32 Å². The first-order valence-corrected chi connectivity index (χ1v) is 5.01. The first-order valence-electron chi connectivity index (χ1n) is 5.01. The van der Waals surface area contributed by atoms with Crippen LogP contribution in [0.2, 0.25) is 0 Å². The molecular weight excluding hydrogens is 202 g/mol. The lowest BCUT2D eigenvalue weighted by atomic mass is 10.0. The molecule has 0 aliphatic rings. The molecule has 0 fully saturated rings. The number of carbonyl (C=O) groups excluding carboxylic acids is 1. The number of methoxy groups -OCH3 is 1. The average molecular weight is 217 g/mol. The van der Waals surface area contributed by atoms with E-state index in [9.17, 15) is 4.79 Å². The van der Waals surface area contributed by atoms with Gasteiger partial charge in [-0.1, -0.05) is 5.92 Å².